The van der Waals surface area contributed by atoms with Crippen LogP contribution >= 0.6 is 0 Å². The van der Waals surface area contributed by atoms with Crippen LogP contribution in [0.4, 0.5) is 22.0 Å². The normalized spacial score (nSPS) is 14.4. The van der Waals surface area contributed by atoms with Crippen LogP contribution in [0.5, 0.6) is 0 Å². The van der Waals surface area contributed by atoms with Gasteiger partial charge in [0, 0.05) is 43.5 Å². The SMILES string of the molecule is Cc1ncc(C(=O)NCc2ccc(C(F)(F)F)nc2)c(C2CCN(C(=O)Cc3c(F)cccc3F)CC2)n1. The van der Waals surface area contributed by atoms with Crippen LogP contribution in [0.1, 0.15) is 57.5 Å². The Morgan fingerprint density at radius 1 is 1.03 bits per heavy atom. The molecule has 1 saturated heterocycles. The summed E-state index contributed by atoms with van der Waals surface area (Å²) >= 11 is 0. The number of hydrogen-bond donors (Lipinski definition) is 1. The van der Waals surface area contributed by atoms with Gasteiger partial charge in [-0.2, -0.15) is 13.2 Å². The number of carbonyl (C=O) groups excluding carboxylic acids is 2. The average molecular weight is 534 g/mol. The highest BCUT2D eigenvalue weighted by Gasteiger charge is 2.32. The summed E-state index contributed by atoms with van der Waals surface area (Å²) in [5.41, 5.74) is -0.167. The molecule has 12 heteroatoms. The zero-order chi connectivity index (χ0) is 27.4. The van der Waals surface area contributed by atoms with Gasteiger partial charge in [-0.3, -0.25) is 14.6 Å². The minimum atomic E-state index is -4.55. The zero-order valence-corrected chi connectivity index (χ0v) is 20.4. The van der Waals surface area contributed by atoms with Crippen molar-refractivity contribution < 1.29 is 31.5 Å². The predicted octanol–water partition coefficient (Wildman–Crippen LogP) is 4.36. The molecule has 200 valence electrons. The first-order chi connectivity index (χ1) is 18.0. The van der Waals surface area contributed by atoms with Gasteiger partial charge in [0.05, 0.1) is 17.7 Å². The minimum absolute atomic E-state index is 0.0448. The molecular weight excluding hydrogens is 509 g/mol. The number of piperidine rings is 1. The smallest absolute Gasteiger partial charge is 0.348 e. The van der Waals surface area contributed by atoms with E-state index >= 15 is 0 Å². The summed E-state index contributed by atoms with van der Waals surface area (Å²) in [4.78, 5) is 39.1. The number of carbonyl (C=O) groups is 2. The highest BCUT2D eigenvalue weighted by atomic mass is 19.4. The molecule has 0 atom stereocenters. The lowest BCUT2D eigenvalue weighted by molar-refractivity contribution is -0.141. The number of likely N-dealkylation sites (tertiary alicyclic amines) is 1. The van der Waals surface area contributed by atoms with Gasteiger partial charge in [0.2, 0.25) is 5.91 Å². The van der Waals surface area contributed by atoms with E-state index in [1.165, 1.54) is 23.2 Å². The zero-order valence-electron chi connectivity index (χ0n) is 20.4. The number of nitrogens with zero attached hydrogens (tertiary/aromatic N) is 4. The van der Waals surface area contributed by atoms with Gasteiger partial charge in [-0.05, 0) is 43.5 Å². The second kappa shape index (κ2) is 11.2. The van der Waals surface area contributed by atoms with Crippen molar-refractivity contribution in [1.29, 1.82) is 0 Å². The van der Waals surface area contributed by atoms with Gasteiger partial charge < -0.3 is 10.2 Å². The first-order valence-corrected chi connectivity index (χ1v) is 11.9. The van der Waals surface area contributed by atoms with Crippen molar-refractivity contribution in [3.05, 3.63) is 88.3 Å². The first-order valence-electron chi connectivity index (χ1n) is 11.9. The molecule has 7 nitrogen and oxygen atoms in total. The molecule has 38 heavy (non-hydrogen) atoms. The van der Waals surface area contributed by atoms with Crippen molar-refractivity contribution in [3.8, 4) is 0 Å². The summed E-state index contributed by atoms with van der Waals surface area (Å²) in [6.07, 6.45) is -1.53. The van der Waals surface area contributed by atoms with Crippen molar-refractivity contribution >= 4 is 11.8 Å². The number of halogens is 5. The number of benzene rings is 1. The molecule has 3 aromatic rings. The highest BCUT2D eigenvalue weighted by Crippen LogP contribution is 2.30. The van der Waals surface area contributed by atoms with Crippen molar-refractivity contribution in [2.24, 2.45) is 0 Å². The lowest BCUT2D eigenvalue weighted by Crippen LogP contribution is -2.39. The van der Waals surface area contributed by atoms with E-state index in [2.05, 4.69) is 20.3 Å². The highest BCUT2D eigenvalue weighted by molar-refractivity contribution is 5.95. The van der Waals surface area contributed by atoms with Gasteiger partial charge in [-0.25, -0.2) is 18.7 Å². The van der Waals surface area contributed by atoms with Crippen LogP contribution in [0.25, 0.3) is 0 Å². The summed E-state index contributed by atoms with van der Waals surface area (Å²) in [6, 6.07) is 5.54. The van der Waals surface area contributed by atoms with Crippen molar-refractivity contribution in [3.63, 3.8) is 0 Å². The fraction of sp³-hybridized carbons (Fsp3) is 0.346. The maximum atomic E-state index is 13.9. The number of hydrogen-bond acceptors (Lipinski definition) is 5. The van der Waals surface area contributed by atoms with E-state index in [1.807, 2.05) is 0 Å². The number of aryl methyl sites for hydroxylation is 1. The molecule has 0 saturated carbocycles. The van der Waals surface area contributed by atoms with E-state index in [0.29, 0.717) is 43.0 Å². The molecule has 1 aliphatic heterocycles. The lowest BCUT2D eigenvalue weighted by atomic mass is 9.90. The van der Waals surface area contributed by atoms with Gasteiger partial charge in [-0.1, -0.05) is 12.1 Å². The van der Waals surface area contributed by atoms with E-state index in [9.17, 15) is 31.5 Å². The van der Waals surface area contributed by atoms with Gasteiger partial charge in [0.25, 0.3) is 5.91 Å². The lowest BCUT2D eigenvalue weighted by Gasteiger charge is -2.32. The largest absolute Gasteiger partial charge is 0.433 e. The van der Waals surface area contributed by atoms with Crippen LogP contribution in [0.3, 0.4) is 0 Å². The Labute approximate surface area is 215 Å². The van der Waals surface area contributed by atoms with E-state index in [4.69, 9.17) is 0 Å². The predicted molar refractivity (Wildman–Crippen MR) is 126 cm³/mol. The standard InChI is InChI=1S/C26H24F5N5O2/c1-15-32-14-19(25(38)34-13-16-5-6-22(33-12-16)26(29,30)31)24(35-15)17-7-9-36(10-8-17)23(37)11-18-20(27)3-2-4-21(18)28/h2-6,12,14,17H,7-11,13H2,1H3,(H,34,38). The fourth-order valence-electron chi connectivity index (χ4n) is 4.31. The average Bonchev–Trinajstić information content (AvgIpc) is 2.89. The Hall–Kier alpha value is -3.96. The van der Waals surface area contributed by atoms with Crippen LogP contribution < -0.4 is 5.32 Å². The van der Waals surface area contributed by atoms with Crippen molar-refractivity contribution in [1.82, 2.24) is 25.2 Å². The van der Waals surface area contributed by atoms with E-state index in [-0.39, 0.29) is 30.0 Å². The van der Waals surface area contributed by atoms with Crippen LogP contribution in [-0.2, 0) is 23.9 Å². The molecular formula is C26H24F5N5O2. The Kier molecular flexibility index (Phi) is 7.98. The fourth-order valence-corrected chi connectivity index (χ4v) is 4.31. The van der Waals surface area contributed by atoms with E-state index in [0.717, 1.165) is 24.4 Å². The molecule has 0 unspecified atom stereocenters. The molecule has 2 aromatic heterocycles. The van der Waals surface area contributed by atoms with E-state index < -0.39 is 35.3 Å². The molecule has 1 fully saturated rings. The van der Waals surface area contributed by atoms with Crippen LogP contribution in [0.15, 0.2) is 42.7 Å². The topological polar surface area (TPSA) is 88.1 Å². The molecule has 2 amide bonds. The summed E-state index contributed by atoms with van der Waals surface area (Å²) in [5, 5.41) is 2.66. The number of alkyl halides is 3. The molecule has 1 aromatic carbocycles. The summed E-state index contributed by atoms with van der Waals surface area (Å²) in [6.45, 7) is 2.28. The summed E-state index contributed by atoms with van der Waals surface area (Å²) in [5.74, 6) is -2.14. The second-order valence-corrected chi connectivity index (χ2v) is 8.98. The summed E-state index contributed by atoms with van der Waals surface area (Å²) in [7, 11) is 0. The molecule has 1 aliphatic rings. The third kappa shape index (κ3) is 6.29. The maximum absolute atomic E-state index is 13.9. The van der Waals surface area contributed by atoms with Crippen molar-refractivity contribution in [2.75, 3.05) is 13.1 Å². The molecule has 1 N–H and O–H groups in total. The monoisotopic (exact) mass is 533 g/mol. The molecule has 0 radical (unpaired) electrons. The maximum Gasteiger partial charge on any atom is 0.433 e. The Balaban J connectivity index is 1.39. The minimum Gasteiger partial charge on any atom is -0.348 e. The van der Waals surface area contributed by atoms with Gasteiger partial charge in [-0.15, -0.1) is 0 Å². The third-order valence-electron chi connectivity index (χ3n) is 6.38. The van der Waals surface area contributed by atoms with Crippen LogP contribution in [-0.4, -0.2) is 44.8 Å². The van der Waals surface area contributed by atoms with E-state index in [1.54, 1.807) is 6.92 Å². The van der Waals surface area contributed by atoms with Gasteiger partial charge in [0.1, 0.15) is 23.2 Å². The molecule has 0 spiro atoms. The Morgan fingerprint density at radius 3 is 2.32 bits per heavy atom. The number of pyridine rings is 1. The molecule has 0 aliphatic carbocycles. The Bertz CT molecular complexity index is 1300. The quantitative estimate of drug-likeness (QED) is 0.476. The number of nitrogens with one attached hydrogen (secondary N) is 1. The van der Waals surface area contributed by atoms with Crippen molar-refractivity contribution in [2.45, 2.75) is 44.8 Å². The molecule has 4 rings (SSSR count). The van der Waals surface area contributed by atoms with Gasteiger partial charge >= 0.3 is 6.18 Å². The third-order valence-corrected chi connectivity index (χ3v) is 6.38. The number of amides is 2. The summed E-state index contributed by atoms with van der Waals surface area (Å²) < 4.78 is 66.0. The number of aromatic nitrogens is 3. The van der Waals surface area contributed by atoms with Crippen LogP contribution in [0.2, 0.25) is 0 Å². The molecule has 3 heterocycles. The molecule has 0 bridgehead atoms. The van der Waals surface area contributed by atoms with Gasteiger partial charge in [0.15, 0.2) is 0 Å². The second-order valence-electron chi connectivity index (χ2n) is 8.98. The number of rotatable bonds is 6. The van der Waals surface area contributed by atoms with Crippen LogP contribution in [0, 0.1) is 18.6 Å². The Morgan fingerprint density at radius 2 is 1.71 bits per heavy atom. The first kappa shape index (κ1) is 27.1.